The second-order valence-electron chi connectivity index (χ2n) is 7.25. The van der Waals surface area contributed by atoms with Gasteiger partial charge >= 0.3 is 0 Å². The third kappa shape index (κ3) is 5.22. The number of rotatable bonds is 5. The number of guanidine groups is 1. The van der Waals surface area contributed by atoms with E-state index in [1.54, 1.807) is 7.05 Å². The molecule has 0 aliphatic rings. The summed E-state index contributed by atoms with van der Waals surface area (Å²) in [6.45, 7) is 12.3. The third-order valence-corrected chi connectivity index (χ3v) is 4.89. The molecule has 0 fully saturated rings. The molecule has 2 N–H and O–H groups in total. The van der Waals surface area contributed by atoms with Gasteiger partial charge in [-0.3, -0.25) is 9.67 Å². The van der Waals surface area contributed by atoms with Gasteiger partial charge in [-0.15, -0.1) is 24.0 Å². The van der Waals surface area contributed by atoms with E-state index in [-0.39, 0.29) is 29.4 Å². The minimum atomic E-state index is 0. The molecule has 5 nitrogen and oxygen atoms in total. The largest absolute Gasteiger partial charge is 0.356 e. The second kappa shape index (κ2) is 9.39. The maximum atomic E-state index is 4.47. The number of nitrogens with one attached hydrogen (secondary N) is 2. The molecule has 26 heavy (non-hydrogen) atoms. The van der Waals surface area contributed by atoms with Crippen LogP contribution in [0.1, 0.15) is 41.9 Å². The molecule has 0 aliphatic carbocycles. The lowest BCUT2D eigenvalue weighted by molar-refractivity contribution is 0.506. The van der Waals surface area contributed by atoms with Gasteiger partial charge in [0.15, 0.2) is 5.96 Å². The van der Waals surface area contributed by atoms with Crippen LogP contribution >= 0.6 is 24.0 Å². The molecule has 0 radical (unpaired) electrons. The van der Waals surface area contributed by atoms with E-state index in [0.717, 1.165) is 24.7 Å². The van der Waals surface area contributed by atoms with E-state index in [1.807, 2.05) is 18.7 Å². The molecule has 0 aliphatic heterocycles. The number of hydrogen-bond acceptors (Lipinski definition) is 2. The molecule has 0 atom stereocenters. The van der Waals surface area contributed by atoms with Crippen molar-refractivity contribution in [2.24, 2.45) is 12.0 Å². The Kier molecular flexibility index (Phi) is 8.12. The lowest BCUT2D eigenvalue weighted by atomic mass is 9.82. The van der Waals surface area contributed by atoms with Gasteiger partial charge in [-0.1, -0.05) is 38.1 Å². The van der Waals surface area contributed by atoms with E-state index in [0.29, 0.717) is 0 Å². The number of aromatic nitrogens is 2. The molecular formula is C20H32IN5. The Morgan fingerprint density at radius 3 is 2.35 bits per heavy atom. The molecule has 1 heterocycles. The highest BCUT2D eigenvalue weighted by Gasteiger charge is 2.22. The van der Waals surface area contributed by atoms with Crippen LogP contribution in [0.25, 0.3) is 0 Å². The van der Waals surface area contributed by atoms with Crippen molar-refractivity contribution in [3.63, 3.8) is 0 Å². The summed E-state index contributed by atoms with van der Waals surface area (Å²) in [5.41, 5.74) is 6.16. The minimum absolute atomic E-state index is 0. The Hall–Kier alpha value is -1.57. The molecule has 0 spiro atoms. The van der Waals surface area contributed by atoms with Crippen LogP contribution in [0.2, 0.25) is 0 Å². The van der Waals surface area contributed by atoms with Crippen LogP contribution in [0.15, 0.2) is 29.3 Å². The summed E-state index contributed by atoms with van der Waals surface area (Å²) in [4.78, 5) is 4.36. The van der Waals surface area contributed by atoms with Crippen LogP contribution in [0.5, 0.6) is 0 Å². The van der Waals surface area contributed by atoms with Crippen molar-refractivity contribution in [3.8, 4) is 0 Å². The number of nitrogens with zero attached hydrogens (tertiary/aromatic N) is 3. The highest BCUT2D eigenvalue weighted by molar-refractivity contribution is 14.0. The highest BCUT2D eigenvalue weighted by Crippen LogP contribution is 2.25. The van der Waals surface area contributed by atoms with Crippen LogP contribution in [0.4, 0.5) is 0 Å². The zero-order valence-electron chi connectivity index (χ0n) is 17.0. The molecule has 0 unspecified atom stereocenters. The van der Waals surface area contributed by atoms with Crippen molar-refractivity contribution in [2.75, 3.05) is 13.6 Å². The lowest BCUT2D eigenvalue weighted by Crippen LogP contribution is -2.43. The van der Waals surface area contributed by atoms with E-state index in [2.05, 4.69) is 72.7 Å². The molecule has 1 aromatic carbocycles. The SMILES string of the molecule is CN=C(NCc1c(C)nn(C)c1C)NCC(C)(C)c1ccccc1C.I. The first-order chi connectivity index (χ1) is 11.8. The zero-order chi connectivity index (χ0) is 18.6. The van der Waals surface area contributed by atoms with E-state index in [4.69, 9.17) is 0 Å². The van der Waals surface area contributed by atoms with E-state index >= 15 is 0 Å². The first-order valence-electron chi connectivity index (χ1n) is 8.76. The van der Waals surface area contributed by atoms with Gasteiger partial charge in [0.2, 0.25) is 0 Å². The average Bonchev–Trinajstić information content (AvgIpc) is 2.81. The monoisotopic (exact) mass is 469 g/mol. The lowest BCUT2D eigenvalue weighted by Gasteiger charge is -2.28. The Labute approximate surface area is 174 Å². The summed E-state index contributed by atoms with van der Waals surface area (Å²) in [7, 11) is 3.78. The van der Waals surface area contributed by atoms with Gasteiger partial charge < -0.3 is 10.6 Å². The fourth-order valence-corrected chi connectivity index (χ4v) is 3.20. The number of aryl methyl sites for hydroxylation is 3. The van der Waals surface area contributed by atoms with Gasteiger partial charge in [0.1, 0.15) is 0 Å². The zero-order valence-corrected chi connectivity index (χ0v) is 19.3. The highest BCUT2D eigenvalue weighted by atomic mass is 127. The normalized spacial score (nSPS) is 11.9. The molecule has 0 saturated heterocycles. The summed E-state index contributed by atoms with van der Waals surface area (Å²) >= 11 is 0. The second-order valence-corrected chi connectivity index (χ2v) is 7.25. The van der Waals surface area contributed by atoms with E-state index in [9.17, 15) is 0 Å². The van der Waals surface area contributed by atoms with Crippen LogP contribution in [0, 0.1) is 20.8 Å². The third-order valence-electron chi connectivity index (χ3n) is 4.89. The van der Waals surface area contributed by atoms with Crippen LogP contribution in [0.3, 0.4) is 0 Å². The maximum Gasteiger partial charge on any atom is 0.191 e. The predicted octanol–water partition coefficient (Wildman–Crippen LogP) is 3.61. The Bertz CT molecular complexity index is 762. The van der Waals surface area contributed by atoms with Gasteiger partial charge in [-0.25, -0.2) is 0 Å². The fourth-order valence-electron chi connectivity index (χ4n) is 3.20. The van der Waals surface area contributed by atoms with Gasteiger partial charge in [0.25, 0.3) is 0 Å². The number of halogens is 1. The minimum Gasteiger partial charge on any atom is -0.356 e. The summed E-state index contributed by atoms with van der Waals surface area (Å²) in [5.74, 6) is 0.810. The van der Waals surface area contributed by atoms with Gasteiger partial charge in [0, 0.05) is 43.9 Å². The summed E-state index contributed by atoms with van der Waals surface area (Å²) < 4.78 is 1.92. The standard InChI is InChI=1S/C20H31N5.HI/c1-14-10-8-9-11-18(14)20(4,5)13-23-19(21-6)22-12-17-15(2)24-25(7)16(17)3;/h8-11H,12-13H2,1-7H3,(H2,21,22,23);1H. The molecule has 0 bridgehead atoms. The van der Waals surface area contributed by atoms with Crippen molar-refractivity contribution in [3.05, 3.63) is 52.3 Å². The molecule has 2 aromatic rings. The topological polar surface area (TPSA) is 54.2 Å². The molecule has 0 saturated carbocycles. The van der Waals surface area contributed by atoms with Crippen molar-refractivity contribution in [1.29, 1.82) is 0 Å². The summed E-state index contributed by atoms with van der Waals surface area (Å²) in [6.07, 6.45) is 0. The molecule has 1 aromatic heterocycles. The number of hydrogen-bond donors (Lipinski definition) is 2. The predicted molar refractivity (Wildman–Crippen MR) is 121 cm³/mol. The molecule has 2 rings (SSSR count). The van der Waals surface area contributed by atoms with Crippen molar-refractivity contribution >= 4 is 29.9 Å². The quantitative estimate of drug-likeness (QED) is 0.400. The van der Waals surface area contributed by atoms with Crippen molar-refractivity contribution in [1.82, 2.24) is 20.4 Å². The first-order valence-corrected chi connectivity index (χ1v) is 8.76. The smallest absolute Gasteiger partial charge is 0.191 e. The maximum absolute atomic E-state index is 4.47. The molecule has 6 heteroatoms. The van der Waals surface area contributed by atoms with Crippen LogP contribution in [-0.4, -0.2) is 29.3 Å². The Balaban J connectivity index is 0.00000338. The fraction of sp³-hybridized carbons (Fsp3) is 0.500. The van der Waals surface area contributed by atoms with E-state index < -0.39 is 0 Å². The van der Waals surface area contributed by atoms with Gasteiger partial charge in [-0.05, 0) is 31.9 Å². The van der Waals surface area contributed by atoms with Gasteiger partial charge in [-0.2, -0.15) is 5.10 Å². The van der Waals surface area contributed by atoms with Gasteiger partial charge in [0.05, 0.1) is 5.69 Å². The van der Waals surface area contributed by atoms with Crippen LogP contribution < -0.4 is 10.6 Å². The number of benzene rings is 1. The first kappa shape index (κ1) is 22.5. The summed E-state index contributed by atoms with van der Waals surface area (Å²) in [6, 6.07) is 8.56. The van der Waals surface area contributed by atoms with Crippen molar-refractivity contribution in [2.45, 2.75) is 46.6 Å². The Morgan fingerprint density at radius 1 is 1.15 bits per heavy atom. The van der Waals surface area contributed by atoms with E-state index in [1.165, 1.54) is 22.4 Å². The molecule has 144 valence electrons. The average molecular weight is 469 g/mol. The molecular weight excluding hydrogens is 437 g/mol. The summed E-state index contributed by atoms with van der Waals surface area (Å²) in [5, 5.41) is 11.3. The Morgan fingerprint density at radius 2 is 1.81 bits per heavy atom. The van der Waals surface area contributed by atoms with Crippen molar-refractivity contribution < 1.29 is 0 Å². The number of aliphatic imine (C=N–C) groups is 1. The molecule has 0 amide bonds. The van der Waals surface area contributed by atoms with Crippen LogP contribution in [-0.2, 0) is 19.0 Å².